The normalized spacial score (nSPS) is 18.6. The van der Waals surface area contributed by atoms with E-state index >= 15 is 0 Å². The summed E-state index contributed by atoms with van der Waals surface area (Å²) in [5, 5.41) is 7.53. The molecule has 0 saturated carbocycles. The summed E-state index contributed by atoms with van der Waals surface area (Å²) in [5.41, 5.74) is 6.94. The van der Waals surface area contributed by atoms with Gasteiger partial charge in [0.1, 0.15) is 0 Å². The van der Waals surface area contributed by atoms with Gasteiger partial charge in [0.15, 0.2) is 5.82 Å². The number of aromatic nitrogens is 2. The van der Waals surface area contributed by atoms with Crippen molar-refractivity contribution in [2.75, 3.05) is 13.1 Å². The van der Waals surface area contributed by atoms with Gasteiger partial charge in [0.05, 0.1) is 6.54 Å². The van der Waals surface area contributed by atoms with Gasteiger partial charge in [0, 0.05) is 31.6 Å². The Bertz CT molecular complexity index is 700. The van der Waals surface area contributed by atoms with Crippen molar-refractivity contribution >= 4 is 5.91 Å². The molecule has 0 radical (unpaired) electrons. The molecule has 0 unspecified atom stereocenters. The summed E-state index contributed by atoms with van der Waals surface area (Å²) in [6.07, 6.45) is 2.27. The lowest BCUT2D eigenvalue weighted by molar-refractivity contribution is 0.1000. The van der Waals surface area contributed by atoms with E-state index in [-0.39, 0.29) is 0 Å². The standard InChI is InChI=1S/C17H23N5O2/c1-12-20-16(21-24-12)11-22-7-3-6-15(10-22)19-9-13-4-2-5-14(8-13)17(18)23/h2,4-5,8,15,19H,3,6-7,9-11H2,1H3,(H2,18,23)/t15-/m1/s1. The lowest BCUT2D eigenvalue weighted by atomic mass is 10.0. The van der Waals surface area contributed by atoms with Crippen molar-refractivity contribution in [3.63, 3.8) is 0 Å². The van der Waals surface area contributed by atoms with Crippen molar-refractivity contribution in [2.24, 2.45) is 5.73 Å². The van der Waals surface area contributed by atoms with Crippen LogP contribution in [0.5, 0.6) is 0 Å². The van der Waals surface area contributed by atoms with Gasteiger partial charge in [-0.05, 0) is 37.1 Å². The molecule has 128 valence electrons. The molecule has 0 aliphatic carbocycles. The Labute approximate surface area is 141 Å². The Balaban J connectivity index is 1.52. The Morgan fingerprint density at radius 3 is 3.12 bits per heavy atom. The summed E-state index contributed by atoms with van der Waals surface area (Å²) in [4.78, 5) is 17.9. The smallest absolute Gasteiger partial charge is 0.248 e. The summed E-state index contributed by atoms with van der Waals surface area (Å²) in [7, 11) is 0. The SMILES string of the molecule is Cc1nc(CN2CCC[C@@H](NCc3cccc(C(N)=O)c3)C2)no1. The maximum atomic E-state index is 11.3. The molecule has 24 heavy (non-hydrogen) atoms. The summed E-state index contributed by atoms with van der Waals surface area (Å²) in [6.45, 7) is 5.23. The van der Waals surface area contributed by atoms with Crippen molar-refractivity contribution in [3.8, 4) is 0 Å². The Morgan fingerprint density at radius 1 is 1.50 bits per heavy atom. The minimum atomic E-state index is -0.393. The first-order valence-corrected chi connectivity index (χ1v) is 8.24. The summed E-state index contributed by atoms with van der Waals surface area (Å²) in [5.74, 6) is 0.949. The van der Waals surface area contributed by atoms with Gasteiger partial charge in [-0.15, -0.1) is 0 Å². The van der Waals surface area contributed by atoms with Crippen molar-refractivity contribution in [1.82, 2.24) is 20.4 Å². The third-order valence-electron chi connectivity index (χ3n) is 4.25. The highest BCUT2D eigenvalue weighted by molar-refractivity contribution is 5.92. The zero-order valence-electron chi connectivity index (χ0n) is 13.9. The molecule has 1 saturated heterocycles. The van der Waals surface area contributed by atoms with Gasteiger partial charge in [-0.2, -0.15) is 4.98 Å². The number of carbonyl (C=O) groups is 1. The molecule has 1 aromatic heterocycles. The monoisotopic (exact) mass is 329 g/mol. The number of piperidine rings is 1. The molecule has 0 bridgehead atoms. The minimum absolute atomic E-state index is 0.393. The lowest BCUT2D eigenvalue weighted by Gasteiger charge is -2.32. The van der Waals surface area contributed by atoms with E-state index in [0.29, 0.717) is 24.0 Å². The van der Waals surface area contributed by atoms with Crippen molar-refractivity contribution in [3.05, 3.63) is 47.1 Å². The van der Waals surface area contributed by atoms with E-state index in [1.165, 1.54) is 0 Å². The van der Waals surface area contributed by atoms with Gasteiger partial charge in [0.25, 0.3) is 0 Å². The molecule has 1 fully saturated rings. The van der Waals surface area contributed by atoms with E-state index in [9.17, 15) is 4.79 Å². The molecule has 1 aliphatic rings. The largest absolute Gasteiger partial charge is 0.366 e. The summed E-state index contributed by atoms with van der Waals surface area (Å²) in [6, 6.07) is 7.85. The van der Waals surface area contributed by atoms with Crippen LogP contribution in [0, 0.1) is 6.92 Å². The molecular formula is C17H23N5O2. The molecule has 0 spiro atoms. The fourth-order valence-corrected chi connectivity index (χ4v) is 3.07. The second-order valence-corrected chi connectivity index (χ2v) is 6.25. The van der Waals surface area contributed by atoms with Crippen LogP contribution in [0.4, 0.5) is 0 Å². The zero-order chi connectivity index (χ0) is 16.9. The van der Waals surface area contributed by atoms with E-state index in [2.05, 4.69) is 20.4 Å². The highest BCUT2D eigenvalue weighted by atomic mass is 16.5. The fraction of sp³-hybridized carbons (Fsp3) is 0.471. The van der Waals surface area contributed by atoms with Crippen LogP contribution in [0.15, 0.2) is 28.8 Å². The highest BCUT2D eigenvalue weighted by Gasteiger charge is 2.21. The van der Waals surface area contributed by atoms with Crippen LogP contribution in [0.1, 0.15) is 40.5 Å². The number of nitrogens with one attached hydrogen (secondary N) is 1. The van der Waals surface area contributed by atoms with Gasteiger partial charge in [-0.25, -0.2) is 0 Å². The van der Waals surface area contributed by atoms with Crippen LogP contribution in [0.3, 0.4) is 0 Å². The van der Waals surface area contributed by atoms with Crippen molar-refractivity contribution in [1.29, 1.82) is 0 Å². The number of benzene rings is 1. The van der Waals surface area contributed by atoms with Crippen LogP contribution in [0.2, 0.25) is 0 Å². The number of hydrogen-bond donors (Lipinski definition) is 2. The quantitative estimate of drug-likeness (QED) is 0.827. The Kier molecular flexibility index (Phi) is 5.22. The molecule has 1 aromatic carbocycles. The van der Waals surface area contributed by atoms with Crippen LogP contribution < -0.4 is 11.1 Å². The van der Waals surface area contributed by atoms with Gasteiger partial charge >= 0.3 is 0 Å². The van der Waals surface area contributed by atoms with Crippen molar-refractivity contribution in [2.45, 2.75) is 38.9 Å². The number of primary amides is 1. The molecule has 7 heteroatoms. The van der Waals surface area contributed by atoms with Crippen LogP contribution in [0.25, 0.3) is 0 Å². The first-order chi connectivity index (χ1) is 11.6. The second kappa shape index (κ2) is 7.55. The second-order valence-electron chi connectivity index (χ2n) is 6.25. The van der Waals surface area contributed by atoms with Crippen molar-refractivity contribution < 1.29 is 9.32 Å². The number of aryl methyl sites for hydroxylation is 1. The molecule has 1 amide bonds. The summed E-state index contributed by atoms with van der Waals surface area (Å²) < 4.78 is 5.03. The third kappa shape index (κ3) is 4.39. The maximum Gasteiger partial charge on any atom is 0.248 e. The van der Waals surface area contributed by atoms with Crippen LogP contribution in [-0.4, -0.2) is 40.1 Å². The molecule has 1 aliphatic heterocycles. The molecular weight excluding hydrogens is 306 g/mol. The van der Waals surface area contributed by atoms with Gasteiger partial charge < -0.3 is 15.6 Å². The Hall–Kier alpha value is -2.25. The molecule has 2 aromatic rings. The average molecular weight is 329 g/mol. The zero-order valence-corrected chi connectivity index (χ0v) is 13.9. The van der Waals surface area contributed by atoms with E-state index in [1.54, 1.807) is 13.0 Å². The van der Waals surface area contributed by atoms with Gasteiger partial charge in [0.2, 0.25) is 11.8 Å². The number of likely N-dealkylation sites (tertiary alicyclic amines) is 1. The molecule has 1 atom stereocenters. The van der Waals surface area contributed by atoms with E-state index in [1.807, 2.05) is 18.2 Å². The number of hydrogen-bond acceptors (Lipinski definition) is 6. The first-order valence-electron chi connectivity index (χ1n) is 8.24. The van der Waals surface area contributed by atoms with E-state index in [0.717, 1.165) is 43.9 Å². The van der Waals surface area contributed by atoms with Crippen LogP contribution in [-0.2, 0) is 13.1 Å². The molecule has 3 rings (SSSR count). The number of carbonyl (C=O) groups excluding carboxylic acids is 1. The number of nitrogens with two attached hydrogens (primary N) is 1. The van der Waals surface area contributed by atoms with E-state index < -0.39 is 5.91 Å². The van der Waals surface area contributed by atoms with Gasteiger partial charge in [-0.3, -0.25) is 9.69 Å². The molecule has 3 N–H and O–H groups in total. The Morgan fingerprint density at radius 2 is 2.38 bits per heavy atom. The lowest BCUT2D eigenvalue weighted by Crippen LogP contribution is -2.45. The highest BCUT2D eigenvalue weighted by Crippen LogP contribution is 2.14. The van der Waals surface area contributed by atoms with Crippen LogP contribution >= 0.6 is 0 Å². The first kappa shape index (κ1) is 16.6. The number of rotatable bonds is 6. The number of nitrogens with zero attached hydrogens (tertiary/aromatic N) is 3. The third-order valence-corrected chi connectivity index (χ3v) is 4.25. The maximum absolute atomic E-state index is 11.3. The molecule has 7 nitrogen and oxygen atoms in total. The fourth-order valence-electron chi connectivity index (χ4n) is 3.07. The summed E-state index contributed by atoms with van der Waals surface area (Å²) >= 11 is 0. The van der Waals surface area contributed by atoms with Gasteiger partial charge in [-0.1, -0.05) is 17.3 Å². The van der Waals surface area contributed by atoms with E-state index in [4.69, 9.17) is 10.3 Å². The number of amides is 1. The predicted octanol–water partition coefficient (Wildman–Crippen LogP) is 1.23. The molecule has 2 heterocycles. The average Bonchev–Trinajstić information content (AvgIpc) is 2.98. The predicted molar refractivity (Wildman–Crippen MR) is 89.1 cm³/mol. The minimum Gasteiger partial charge on any atom is -0.366 e. The topological polar surface area (TPSA) is 97.3 Å².